The van der Waals surface area contributed by atoms with Crippen LogP contribution < -0.4 is 10.9 Å². The molecule has 0 fully saturated rings. The van der Waals surface area contributed by atoms with Crippen LogP contribution >= 0.6 is 23.2 Å². The van der Waals surface area contributed by atoms with Crippen molar-refractivity contribution in [3.05, 3.63) is 33.8 Å². The number of benzene rings is 1. The number of rotatable bonds is 2. The number of halogens is 2. The standard InChI is InChI=1S/C8H8Cl2N4O/c9-6-2-1-5(3-7(6)10)4-12-13-8(11)14-15/h1-4,15H,(H3,11,13,14). The molecule has 7 heteroatoms. The number of hydrazone groups is 1. The van der Waals surface area contributed by atoms with E-state index in [1.807, 2.05) is 0 Å². The zero-order valence-electron chi connectivity index (χ0n) is 7.46. The third-order valence-corrected chi connectivity index (χ3v) is 2.18. The van der Waals surface area contributed by atoms with E-state index in [0.717, 1.165) is 5.56 Å². The number of nitrogens with one attached hydrogen (secondary N) is 3. The fraction of sp³-hybridized carbons (Fsp3) is 0. The third kappa shape index (κ3) is 3.75. The van der Waals surface area contributed by atoms with Gasteiger partial charge < -0.3 is 0 Å². The van der Waals surface area contributed by atoms with Crippen molar-refractivity contribution >= 4 is 35.4 Å². The van der Waals surface area contributed by atoms with Gasteiger partial charge in [0, 0.05) is 0 Å². The summed E-state index contributed by atoms with van der Waals surface area (Å²) < 4.78 is 0. The fourth-order valence-electron chi connectivity index (χ4n) is 0.789. The number of hydrogen-bond donors (Lipinski definition) is 4. The van der Waals surface area contributed by atoms with E-state index in [4.69, 9.17) is 33.8 Å². The van der Waals surface area contributed by atoms with Crippen molar-refractivity contribution in [1.82, 2.24) is 10.9 Å². The van der Waals surface area contributed by atoms with Crippen molar-refractivity contribution < 1.29 is 5.21 Å². The molecule has 1 aromatic rings. The molecule has 1 aromatic carbocycles. The molecular formula is C8H8Cl2N4O. The maximum absolute atomic E-state index is 8.26. The van der Waals surface area contributed by atoms with E-state index >= 15 is 0 Å². The lowest BCUT2D eigenvalue weighted by Crippen LogP contribution is -2.30. The van der Waals surface area contributed by atoms with E-state index in [9.17, 15) is 0 Å². The Balaban J connectivity index is 2.65. The Morgan fingerprint density at radius 2 is 2.13 bits per heavy atom. The van der Waals surface area contributed by atoms with Gasteiger partial charge >= 0.3 is 0 Å². The van der Waals surface area contributed by atoms with Gasteiger partial charge in [0.05, 0.1) is 16.3 Å². The summed E-state index contributed by atoms with van der Waals surface area (Å²) in [5.41, 5.74) is 4.54. The summed E-state index contributed by atoms with van der Waals surface area (Å²) in [4.78, 5) is 0. The fourth-order valence-corrected chi connectivity index (χ4v) is 1.10. The van der Waals surface area contributed by atoms with Gasteiger partial charge in [0.1, 0.15) is 0 Å². The van der Waals surface area contributed by atoms with Crippen molar-refractivity contribution in [3.63, 3.8) is 0 Å². The van der Waals surface area contributed by atoms with Gasteiger partial charge in [-0.15, -0.1) is 0 Å². The molecule has 0 bridgehead atoms. The highest BCUT2D eigenvalue weighted by atomic mass is 35.5. The molecule has 0 atom stereocenters. The second kappa shape index (κ2) is 5.55. The average Bonchev–Trinajstić information content (AvgIpc) is 2.23. The van der Waals surface area contributed by atoms with Crippen LogP contribution in [0.1, 0.15) is 5.56 Å². The van der Waals surface area contributed by atoms with Gasteiger partial charge in [-0.25, -0.2) is 10.9 Å². The molecule has 0 amide bonds. The molecule has 5 nitrogen and oxygen atoms in total. The number of guanidine groups is 1. The number of hydrogen-bond acceptors (Lipinski definition) is 3. The molecule has 4 N–H and O–H groups in total. The molecule has 0 aliphatic rings. The first-order valence-electron chi connectivity index (χ1n) is 3.86. The normalized spacial score (nSPS) is 10.3. The maximum Gasteiger partial charge on any atom is 0.233 e. The van der Waals surface area contributed by atoms with Gasteiger partial charge in [-0.2, -0.15) is 5.10 Å². The first kappa shape index (κ1) is 11.8. The molecule has 0 saturated heterocycles. The van der Waals surface area contributed by atoms with Gasteiger partial charge in [-0.05, 0) is 17.7 Å². The highest BCUT2D eigenvalue weighted by molar-refractivity contribution is 6.42. The minimum Gasteiger partial charge on any atom is -0.288 e. The monoisotopic (exact) mass is 246 g/mol. The first-order valence-corrected chi connectivity index (χ1v) is 4.62. The lowest BCUT2D eigenvalue weighted by atomic mass is 10.2. The van der Waals surface area contributed by atoms with Gasteiger partial charge in [0.2, 0.25) is 5.96 Å². The molecule has 0 spiro atoms. The van der Waals surface area contributed by atoms with Gasteiger partial charge in [0.25, 0.3) is 0 Å². The van der Waals surface area contributed by atoms with E-state index < -0.39 is 0 Å². The first-order chi connectivity index (χ1) is 7.13. The number of hydroxylamine groups is 1. The summed E-state index contributed by atoms with van der Waals surface area (Å²) in [5.74, 6) is -0.327. The van der Waals surface area contributed by atoms with Gasteiger partial charge in [-0.1, -0.05) is 29.3 Å². The predicted octanol–water partition coefficient (Wildman–Crippen LogP) is 1.83. The van der Waals surface area contributed by atoms with Crippen molar-refractivity contribution in [3.8, 4) is 0 Å². The second-order valence-corrected chi connectivity index (χ2v) is 3.34. The molecule has 0 unspecified atom stereocenters. The second-order valence-electron chi connectivity index (χ2n) is 2.53. The van der Waals surface area contributed by atoms with Crippen LogP contribution in [0.25, 0.3) is 0 Å². The average molecular weight is 247 g/mol. The van der Waals surface area contributed by atoms with E-state index in [2.05, 4.69) is 10.5 Å². The van der Waals surface area contributed by atoms with Crippen molar-refractivity contribution in [2.45, 2.75) is 0 Å². The van der Waals surface area contributed by atoms with Crippen molar-refractivity contribution in [1.29, 1.82) is 5.41 Å². The van der Waals surface area contributed by atoms with E-state index in [-0.39, 0.29) is 5.96 Å². The zero-order chi connectivity index (χ0) is 11.3. The maximum atomic E-state index is 8.26. The quantitative estimate of drug-likeness (QED) is 0.365. The Labute approximate surface area is 96.2 Å². The molecular weight excluding hydrogens is 239 g/mol. The molecule has 0 aliphatic heterocycles. The summed E-state index contributed by atoms with van der Waals surface area (Å²) >= 11 is 11.5. The molecule has 80 valence electrons. The van der Waals surface area contributed by atoms with Crippen LogP contribution in [0.15, 0.2) is 23.3 Å². The minimum atomic E-state index is -0.327. The topological polar surface area (TPSA) is 80.5 Å². The summed E-state index contributed by atoms with van der Waals surface area (Å²) in [6, 6.07) is 4.99. The van der Waals surface area contributed by atoms with Crippen molar-refractivity contribution in [2.24, 2.45) is 5.10 Å². The van der Waals surface area contributed by atoms with Gasteiger partial charge in [-0.3, -0.25) is 10.6 Å². The smallest absolute Gasteiger partial charge is 0.233 e. The minimum absolute atomic E-state index is 0.327. The summed E-state index contributed by atoms with van der Waals surface area (Å²) in [7, 11) is 0. The molecule has 0 radical (unpaired) electrons. The van der Waals surface area contributed by atoms with Crippen LogP contribution in [0.5, 0.6) is 0 Å². The molecule has 0 saturated carbocycles. The lowest BCUT2D eigenvalue weighted by Gasteiger charge is -1.99. The summed E-state index contributed by atoms with van der Waals surface area (Å²) in [5, 5.41) is 19.8. The Morgan fingerprint density at radius 1 is 1.40 bits per heavy atom. The Morgan fingerprint density at radius 3 is 2.73 bits per heavy atom. The summed E-state index contributed by atoms with van der Waals surface area (Å²) in [6.45, 7) is 0. The Hall–Kier alpha value is -1.30. The largest absolute Gasteiger partial charge is 0.288 e. The van der Waals surface area contributed by atoms with Crippen LogP contribution in [-0.2, 0) is 0 Å². The Bertz CT molecular complexity index is 394. The van der Waals surface area contributed by atoms with Crippen LogP contribution in [0.4, 0.5) is 0 Å². The van der Waals surface area contributed by atoms with Crippen molar-refractivity contribution in [2.75, 3.05) is 0 Å². The predicted molar refractivity (Wildman–Crippen MR) is 59.8 cm³/mol. The molecule has 0 aliphatic carbocycles. The lowest BCUT2D eigenvalue weighted by molar-refractivity contribution is 0.228. The summed E-state index contributed by atoms with van der Waals surface area (Å²) in [6.07, 6.45) is 1.44. The molecule has 0 heterocycles. The molecule has 15 heavy (non-hydrogen) atoms. The highest BCUT2D eigenvalue weighted by Gasteiger charge is 1.96. The SMILES string of the molecule is N=C(NO)NN=Cc1ccc(Cl)c(Cl)c1. The van der Waals surface area contributed by atoms with E-state index in [1.165, 1.54) is 6.21 Å². The zero-order valence-corrected chi connectivity index (χ0v) is 8.97. The van der Waals surface area contributed by atoms with Crippen LogP contribution in [-0.4, -0.2) is 17.4 Å². The van der Waals surface area contributed by atoms with Crippen LogP contribution in [0.2, 0.25) is 10.0 Å². The third-order valence-electron chi connectivity index (χ3n) is 1.45. The van der Waals surface area contributed by atoms with E-state index in [0.29, 0.717) is 10.0 Å². The molecule has 0 aromatic heterocycles. The highest BCUT2D eigenvalue weighted by Crippen LogP contribution is 2.21. The van der Waals surface area contributed by atoms with E-state index in [1.54, 1.807) is 23.7 Å². The Kier molecular flexibility index (Phi) is 4.36. The van der Waals surface area contributed by atoms with Crippen LogP contribution in [0.3, 0.4) is 0 Å². The number of nitrogens with zero attached hydrogens (tertiary/aromatic N) is 1. The van der Waals surface area contributed by atoms with Crippen LogP contribution in [0, 0.1) is 5.41 Å². The molecule has 1 rings (SSSR count). The van der Waals surface area contributed by atoms with Gasteiger partial charge in [0.15, 0.2) is 0 Å².